The third kappa shape index (κ3) is 4.38. The second-order valence-corrected chi connectivity index (χ2v) is 7.81. The Morgan fingerprint density at radius 3 is 2.50 bits per heavy atom. The molecule has 0 N–H and O–H groups in total. The lowest BCUT2D eigenvalue weighted by Gasteiger charge is -2.46. The van der Waals surface area contributed by atoms with Crippen LogP contribution in [0.25, 0.3) is 0 Å². The number of likely N-dealkylation sites (tertiary alicyclic amines) is 2. The van der Waals surface area contributed by atoms with E-state index in [0.29, 0.717) is 0 Å². The van der Waals surface area contributed by atoms with Crippen molar-refractivity contribution in [2.75, 3.05) is 26.7 Å². The van der Waals surface area contributed by atoms with Crippen LogP contribution >= 0.6 is 11.6 Å². The van der Waals surface area contributed by atoms with Crippen LogP contribution in [0.1, 0.15) is 44.1 Å². The maximum Gasteiger partial charge on any atom is 0.306 e. The van der Waals surface area contributed by atoms with Gasteiger partial charge in [0, 0.05) is 36.6 Å². The normalized spacial score (nSPS) is 23.4. The molecule has 6 heteroatoms. The van der Waals surface area contributed by atoms with Crippen LogP contribution in [0, 0.1) is 0 Å². The van der Waals surface area contributed by atoms with Crippen LogP contribution in [0.3, 0.4) is 0 Å². The first-order valence-corrected chi connectivity index (χ1v) is 9.74. The van der Waals surface area contributed by atoms with Crippen molar-refractivity contribution in [1.82, 2.24) is 9.80 Å². The molecule has 5 nitrogen and oxygen atoms in total. The third-order valence-electron chi connectivity index (χ3n) is 5.71. The summed E-state index contributed by atoms with van der Waals surface area (Å²) >= 11 is 6.00. The van der Waals surface area contributed by atoms with Crippen LogP contribution in [-0.2, 0) is 20.9 Å². The van der Waals surface area contributed by atoms with E-state index < -0.39 is 0 Å². The molecule has 1 amide bonds. The minimum atomic E-state index is -0.324. The van der Waals surface area contributed by atoms with Crippen LogP contribution in [0.4, 0.5) is 0 Å². The molecule has 0 aromatic heterocycles. The molecule has 0 unspecified atom stereocenters. The monoisotopic (exact) mass is 378 g/mol. The summed E-state index contributed by atoms with van der Waals surface area (Å²) in [7, 11) is 1.36. The molecule has 142 valence electrons. The number of rotatable bonds is 5. The number of carbonyl (C=O) groups is 2. The Morgan fingerprint density at radius 1 is 1.12 bits per heavy atom. The van der Waals surface area contributed by atoms with Crippen molar-refractivity contribution in [1.29, 1.82) is 0 Å². The Balaban J connectivity index is 1.64. The number of benzene rings is 1. The minimum absolute atomic E-state index is 0.0628. The topological polar surface area (TPSA) is 49.9 Å². The zero-order valence-corrected chi connectivity index (χ0v) is 16.1. The molecule has 2 heterocycles. The van der Waals surface area contributed by atoms with Gasteiger partial charge < -0.3 is 9.64 Å². The van der Waals surface area contributed by atoms with Gasteiger partial charge in [-0.15, -0.1) is 0 Å². The van der Waals surface area contributed by atoms with E-state index >= 15 is 0 Å². The van der Waals surface area contributed by atoms with Crippen LogP contribution in [0.5, 0.6) is 0 Å². The van der Waals surface area contributed by atoms with Gasteiger partial charge in [-0.2, -0.15) is 0 Å². The predicted molar refractivity (Wildman–Crippen MR) is 101 cm³/mol. The summed E-state index contributed by atoms with van der Waals surface area (Å²) in [5.41, 5.74) is 1.32. The summed E-state index contributed by atoms with van der Waals surface area (Å²) in [4.78, 5) is 28.4. The molecule has 2 aliphatic rings. The summed E-state index contributed by atoms with van der Waals surface area (Å²) < 4.78 is 4.65. The summed E-state index contributed by atoms with van der Waals surface area (Å²) in [5.74, 6) is -0.261. The zero-order chi connectivity index (χ0) is 18.6. The number of halogens is 1. The average molecular weight is 379 g/mol. The van der Waals surface area contributed by atoms with Crippen LogP contribution in [0.2, 0.25) is 5.02 Å². The number of hydrogen-bond donors (Lipinski definition) is 0. The number of methoxy groups -OCH3 is 1. The van der Waals surface area contributed by atoms with Crippen molar-refractivity contribution in [2.24, 2.45) is 0 Å². The minimum Gasteiger partial charge on any atom is -0.469 e. The number of ether oxygens (including phenoxy) is 1. The van der Waals surface area contributed by atoms with Gasteiger partial charge >= 0.3 is 5.97 Å². The fourth-order valence-electron chi connectivity index (χ4n) is 4.31. The van der Waals surface area contributed by atoms with E-state index in [1.807, 2.05) is 17.0 Å². The van der Waals surface area contributed by atoms with E-state index in [9.17, 15) is 9.59 Å². The van der Waals surface area contributed by atoms with Gasteiger partial charge in [0.2, 0.25) is 5.91 Å². The molecule has 1 atom stereocenters. The number of esters is 1. The summed E-state index contributed by atoms with van der Waals surface area (Å²) in [5, 5.41) is 0.755. The largest absolute Gasteiger partial charge is 0.469 e. The standard InChI is InChI=1S/C20H27ClN2O3/c1-26-19(25)9-8-18(24)22-12-2-10-20(15-22)11-3-13-23(20)14-16-4-6-17(21)7-5-16/h4-7H,2-3,8-15H2,1H3/t20-/m1/s1. The van der Waals surface area contributed by atoms with E-state index in [-0.39, 0.29) is 30.3 Å². The van der Waals surface area contributed by atoms with Crippen molar-refractivity contribution in [3.8, 4) is 0 Å². The van der Waals surface area contributed by atoms with Gasteiger partial charge in [-0.25, -0.2) is 0 Å². The molecule has 1 aromatic rings. The van der Waals surface area contributed by atoms with Crippen molar-refractivity contribution < 1.29 is 14.3 Å². The number of hydrogen-bond acceptors (Lipinski definition) is 4. The van der Waals surface area contributed by atoms with Crippen LogP contribution in [-0.4, -0.2) is 54.0 Å². The molecule has 0 bridgehead atoms. The van der Waals surface area contributed by atoms with Gasteiger partial charge in [0.1, 0.15) is 0 Å². The van der Waals surface area contributed by atoms with E-state index in [0.717, 1.165) is 56.9 Å². The first-order valence-electron chi connectivity index (χ1n) is 9.36. The summed E-state index contributed by atoms with van der Waals surface area (Å²) in [6, 6.07) is 8.03. The molecule has 0 saturated carbocycles. The molecule has 1 aromatic carbocycles. The summed E-state index contributed by atoms with van der Waals surface area (Å²) in [6.07, 6.45) is 4.83. The smallest absolute Gasteiger partial charge is 0.306 e. The molecule has 2 aliphatic heterocycles. The van der Waals surface area contributed by atoms with E-state index in [1.165, 1.54) is 12.7 Å². The quantitative estimate of drug-likeness (QED) is 0.738. The highest BCUT2D eigenvalue weighted by atomic mass is 35.5. The van der Waals surface area contributed by atoms with Crippen LogP contribution < -0.4 is 0 Å². The molecule has 1 spiro atoms. The molecular formula is C20H27ClN2O3. The van der Waals surface area contributed by atoms with Gasteiger partial charge in [-0.1, -0.05) is 23.7 Å². The first-order chi connectivity index (χ1) is 12.5. The van der Waals surface area contributed by atoms with E-state index in [2.05, 4.69) is 21.8 Å². The number of piperidine rings is 1. The lowest BCUT2D eigenvalue weighted by Crippen LogP contribution is -2.56. The van der Waals surface area contributed by atoms with E-state index in [1.54, 1.807) is 0 Å². The lowest BCUT2D eigenvalue weighted by molar-refractivity contribution is -0.144. The molecule has 2 fully saturated rings. The van der Waals surface area contributed by atoms with Crippen LogP contribution in [0.15, 0.2) is 24.3 Å². The van der Waals surface area contributed by atoms with Gasteiger partial charge in [-0.3, -0.25) is 14.5 Å². The number of nitrogens with zero attached hydrogens (tertiary/aromatic N) is 2. The highest BCUT2D eigenvalue weighted by Crippen LogP contribution is 2.38. The molecular weight excluding hydrogens is 352 g/mol. The fraction of sp³-hybridized carbons (Fsp3) is 0.600. The molecule has 26 heavy (non-hydrogen) atoms. The Labute approximate surface area is 160 Å². The molecule has 0 aliphatic carbocycles. The Kier molecular flexibility index (Phi) is 6.20. The first kappa shape index (κ1) is 19.2. The van der Waals surface area contributed by atoms with Gasteiger partial charge in [0.15, 0.2) is 0 Å². The highest BCUT2D eigenvalue weighted by molar-refractivity contribution is 6.30. The fourth-order valence-corrected chi connectivity index (χ4v) is 4.43. The second kappa shape index (κ2) is 8.40. The van der Waals surface area contributed by atoms with Gasteiger partial charge in [0.05, 0.1) is 13.5 Å². The molecule has 3 rings (SSSR count). The van der Waals surface area contributed by atoms with Crippen molar-refractivity contribution in [2.45, 2.75) is 50.6 Å². The maximum atomic E-state index is 12.5. The highest BCUT2D eigenvalue weighted by Gasteiger charge is 2.44. The van der Waals surface area contributed by atoms with Crippen molar-refractivity contribution in [3.05, 3.63) is 34.9 Å². The van der Waals surface area contributed by atoms with Gasteiger partial charge in [0.25, 0.3) is 0 Å². The summed E-state index contributed by atoms with van der Waals surface area (Å²) in [6.45, 7) is 3.51. The SMILES string of the molecule is COC(=O)CCC(=O)N1CCC[C@@]2(CCCN2Cc2ccc(Cl)cc2)C1. The predicted octanol–water partition coefficient (Wildman–Crippen LogP) is 3.25. The van der Waals surface area contributed by atoms with Crippen molar-refractivity contribution >= 4 is 23.5 Å². The van der Waals surface area contributed by atoms with E-state index in [4.69, 9.17) is 11.6 Å². The maximum absolute atomic E-state index is 12.5. The third-order valence-corrected chi connectivity index (χ3v) is 5.96. The Morgan fingerprint density at radius 2 is 1.81 bits per heavy atom. The Hall–Kier alpha value is -1.59. The average Bonchev–Trinajstić information content (AvgIpc) is 3.02. The lowest BCUT2D eigenvalue weighted by atomic mass is 9.86. The van der Waals surface area contributed by atoms with Gasteiger partial charge in [-0.05, 0) is 49.9 Å². The number of amides is 1. The molecule has 2 saturated heterocycles. The number of carbonyl (C=O) groups excluding carboxylic acids is 2. The second-order valence-electron chi connectivity index (χ2n) is 7.37. The molecule has 0 radical (unpaired) electrons. The zero-order valence-electron chi connectivity index (χ0n) is 15.4. The Bertz CT molecular complexity index is 649. The van der Waals surface area contributed by atoms with Crippen molar-refractivity contribution in [3.63, 3.8) is 0 Å².